The van der Waals surface area contributed by atoms with Crippen molar-refractivity contribution in [1.29, 1.82) is 5.26 Å². The molecule has 0 aromatic rings. The van der Waals surface area contributed by atoms with Gasteiger partial charge in [-0.25, -0.2) is 0 Å². The maximum absolute atomic E-state index is 9.10. The summed E-state index contributed by atoms with van der Waals surface area (Å²) in [6.45, 7) is 4.60. The third-order valence-corrected chi connectivity index (χ3v) is 4.70. The van der Waals surface area contributed by atoms with Crippen LogP contribution < -0.4 is 0 Å². The highest BCUT2D eigenvalue weighted by molar-refractivity contribution is 4.93. The molecule has 1 heterocycles. The van der Waals surface area contributed by atoms with Crippen LogP contribution in [0.1, 0.15) is 51.9 Å². The molecule has 1 saturated heterocycles. The van der Waals surface area contributed by atoms with Gasteiger partial charge in [0.2, 0.25) is 0 Å². The molecule has 3 nitrogen and oxygen atoms in total. The van der Waals surface area contributed by atoms with Crippen LogP contribution >= 0.6 is 0 Å². The molecule has 2 unspecified atom stereocenters. The second-order valence-corrected chi connectivity index (χ2v) is 6.16. The predicted octanol–water partition coefficient (Wildman–Crippen LogP) is 2.63. The molecule has 1 saturated carbocycles. The molecule has 2 atom stereocenters. The van der Waals surface area contributed by atoms with E-state index < -0.39 is 0 Å². The Hall–Kier alpha value is -0.590. The number of hydrogen-bond donors (Lipinski definition) is 0. The molecule has 0 aromatic heterocycles. The topological polar surface area (TPSA) is 30.3 Å². The third kappa shape index (κ3) is 3.24. The highest BCUT2D eigenvalue weighted by atomic mass is 15.3. The van der Waals surface area contributed by atoms with E-state index in [2.05, 4.69) is 29.8 Å². The summed E-state index contributed by atoms with van der Waals surface area (Å²) in [6, 6.07) is 4.22. The molecule has 2 aliphatic rings. The minimum absolute atomic E-state index is 0.445. The van der Waals surface area contributed by atoms with E-state index in [0.29, 0.717) is 18.5 Å². The lowest BCUT2D eigenvalue weighted by Gasteiger charge is -2.42. The van der Waals surface area contributed by atoms with Gasteiger partial charge in [0.25, 0.3) is 0 Å². The van der Waals surface area contributed by atoms with Gasteiger partial charge in [-0.3, -0.25) is 4.90 Å². The molecule has 1 aliphatic carbocycles. The van der Waals surface area contributed by atoms with Gasteiger partial charge in [-0.1, -0.05) is 19.3 Å². The van der Waals surface area contributed by atoms with Crippen molar-refractivity contribution in [1.82, 2.24) is 9.80 Å². The predicted molar refractivity (Wildman–Crippen MR) is 74.3 cm³/mol. The molecule has 0 aromatic carbocycles. The fraction of sp³-hybridized carbons (Fsp3) is 0.933. The van der Waals surface area contributed by atoms with Crippen molar-refractivity contribution in [2.75, 3.05) is 20.1 Å². The zero-order valence-corrected chi connectivity index (χ0v) is 11.9. The molecule has 102 valence electrons. The van der Waals surface area contributed by atoms with Crippen LogP contribution in [-0.2, 0) is 0 Å². The van der Waals surface area contributed by atoms with Gasteiger partial charge in [-0.15, -0.1) is 0 Å². The molecule has 0 amide bonds. The Morgan fingerprint density at radius 3 is 2.56 bits per heavy atom. The summed E-state index contributed by atoms with van der Waals surface area (Å²) in [4.78, 5) is 5.10. The van der Waals surface area contributed by atoms with Crippen LogP contribution in [0.25, 0.3) is 0 Å². The van der Waals surface area contributed by atoms with Crippen LogP contribution in [0.4, 0.5) is 0 Å². The first-order chi connectivity index (χ1) is 8.72. The Morgan fingerprint density at radius 1 is 1.17 bits per heavy atom. The highest BCUT2D eigenvalue weighted by Crippen LogP contribution is 2.29. The standard InChI is InChI=1S/C15H27N3/c1-13-9-11-17(2)12-15(8-10-16)18(13)14-6-4-3-5-7-14/h13-15H,3-9,11-12H2,1-2H3. The van der Waals surface area contributed by atoms with Gasteiger partial charge in [0.05, 0.1) is 12.5 Å². The first-order valence-electron chi connectivity index (χ1n) is 7.55. The highest BCUT2D eigenvalue weighted by Gasteiger charge is 2.33. The summed E-state index contributed by atoms with van der Waals surface area (Å²) in [5, 5.41) is 9.10. The van der Waals surface area contributed by atoms with Crippen molar-refractivity contribution in [3.05, 3.63) is 0 Å². The number of rotatable bonds is 2. The molecule has 3 heteroatoms. The van der Waals surface area contributed by atoms with Crippen molar-refractivity contribution in [3.8, 4) is 6.07 Å². The fourth-order valence-electron chi connectivity index (χ4n) is 3.77. The van der Waals surface area contributed by atoms with E-state index in [1.165, 1.54) is 45.1 Å². The minimum atomic E-state index is 0.445. The van der Waals surface area contributed by atoms with Gasteiger partial charge in [0.1, 0.15) is 0 Å². The normalized spacial score (nSPS) is 32.9. The van der Waals surface area contributed by atoms with Crippen LogP contribution in [0.5, 0.6) is 0 Å². The Kier molecular flexibility index (Phi) is 5.03. The van der Waals surface area contributed by atoms with E-state index in [-0.39, 0.29) is 0 Å². The molecule has 0 spiro atoms. The first-order valence-corrected chi connectivity index (χ1v) is 7.55. The number of nitrogens with zero attached hydrogens (tertiary/aromatic N) is 3. The summed E-state index contributed by atoms with van der Waals surface area (Å²) in [5.74, 6) is 0. The van der Waals surface area contributed by atoms with Crippen molar-refractivity contribution in [2.45, 2.75) is 70.0 Å². The zero-order valence-electron chi connectivity index (χ0n) is 11.9. The van der Waals surface area contributed by atoms with E-state index in [1.807, 2.05) is 0 Å². The lowest BCUT2D eigenvalue weighted by molar-refractivity contribution is 0.0681. The lowest BCUT2D eigenvalue weighted by Crippen LogP contribution is -2.50. The second kappa shape index (κ2) is 6.54. The van der Waals surface area contributed by atoms with Crippen molar-refractivity contribution in [2.24, 2.45) is 0 Å². The summed E-state index contributed by atoms with van der Waals surface area (Å²) in [7, 11) is 2.20. The Morgan fingerprint density at radius 2 is 1.89 bits per heavy atom. The first kappa shape index (κ1) is 13.8. The van der Waals surface area contributed by atoms with E-state index in [4.69, 9.17) is 5.26 Å². The zero-order chi connectivity index (χ0) is 13.0. The van der Waals surface area contributed by atoms with Crippen molar-refractivity contribution in [3.63, 3.8) is 0 Å². The molecule has 2 rings (SSSR count). The molecule has 18 heavy (non-hydrogen) atoms. The third-order valence-electron chi connectivity index (χ3n) is 4.70. The molecular formula is C15H27N3. The Labute approximate surface area is 112 Å². The van der Waals surface area contributed by atoms with Gasteiger partial charge in [0.15, 0.2) is 0 Å². The molecule has 0 radical (unpaired) electrons. The van der Waals surface area contributed by atoms with Crippen molar-refractivity contribution >= 4 is 0 Å². The van der Waals surface area contributed by atoms with E-state index in [0.717, 1.165) is 12.6 Å². The van der Waals surface area contributed by atoms with E-state index >= 15 is 0 Å². The summed E-state index contributed by atoms with van der Waals surface area (Å²) in [5.41, 5.74) is 0. The van der Waals surface area contributed by atoms with E-state index in [1.54, 1.807) is 0 Å². The van der Waals surface area contributed by atoms with Crippen molar-refractivity contribution < 1.29 is 0 Å². The largest absolute Gasteiger partial charge is 0.305 e. The average Bonchev–Trinajstić information content (AvgIpc) is 2.51. The van der Waals surface area contributed by atoms with Crippen LogP contribution in [0.3, 0.4) is 0 Å². The molecule has 0 bridgehead atoms. The average molecular weight is 249 g/mol. The summed E-state index contributed by atoms with van der Waals surface area (Å²) in [6.07, 6.45) is 8.78. The van der Waals surface area contributed by atoms with Gasteiger partial charge >= 0.3 is 0 Å². The maximum atomic E-state index is 9.10. The molecular weight excluding hydrogens is 222 g/mol. The Bertz CT molecular complexity index is 291. The quantitative estimate of drug-likeness (QED) is 0.753. The van der Waals surface area contributed by atoms with Gasteiger partial charge in [0, 0.05) is 24.7 Å². The smallest absolute Gasteiger partial charge is 0.0638 e. The van der Waals surface area contributed by atoms with E-state index in [9.17, 15) is 0 Å². The molecule has 1 aliphatic heterocycles. The van der Waals surface area contributed by atoms with Gasteiger partial charge in [-0.2, -0.15) is 5.26 Å². The van der Waals surface area contributed by atoms with Gasteiger partial charge < -0.3 is 4.90 Å². The lowest BCUT2D eigenvalue weighted by atomic mass is 9.91. The number of hydrogen-bond acceptors (Lipinski definition) is 3. The monoisotopic (exact) mass is 249 g/mol. The van der Waals surface area contributed by atoms with Crippen LogP contribution in [0, 0.1) is 11.3 Å². The summed E-state index contributed by atoms with van der Waals surface area (Å²) >= 11 is 0. The van der Waals surface area contributed by atoms with Crippen LogP contribution in [0.2, 0.25) is 0 Å². The molecule has 0 N–H and O–H groups in total. The van der Waals surface area contributed by atoms with Gasteiger partial charge in [-0.05, 0) is 39.8 Å². The number of nitriles is 1. The number of likely N-dealkylation sites (N-methyl/N-ethyl adjacent to an activating group) is 1. The Balaban J connectivity index is 2.11. The fourth-order valence-corrected chi connectivity index (χ4v) is 3.77. The minimum Gasteiger partial charge on any atom is -0.305 e. The van der Waals surface area contributed by atoms with Crippen LogP contribution in [0.15, 0.2) is 0 Å². The molecule has 2 fully saturated rings. The van der Waals surface area contributed by atoms with Crippen LogP contribution in [-0.4, -0.2) is 48.1 Å². The maximum Gasteiger partial charge on any atom is 0.0638 e. The SMILES string of the molecule is CC1CCN(C)CC(CC#N)N1C1CCCCC1. The summed E-state index contributed by atoms with van der Waals surface area (Å²) < 4.78 is 0. The second-order valence-electron chi connectivity index (χ2n) is 6.16.